The first kappa shape index (κ1) is 15.8. The van der Waals surface area contributed by atoms with E-state index in [0.29, 0.717) is 22.8 Å². The van der Waals surface area contributed by atoms with Gasteiger partial charge in [0, 0.05) is 29.7 Å². The van der Waals surface area contributed by atoms with Crippen LogP contribution >= 0.6 is 0 Å². The van der Waals surface area contributed by atoms with E-state index in [0.717, 1.165) is 10.9 Å². The molecule has 0 saturated carbocycles. The molecule has 0 atom stereocenters. The van der Waals surface area contributed by atoms with Crippen LogP contribution in [0.3, 0.4) is 0 Å². The summed E-state index contributed by atoms with van der Waals surface area (Å²) in [5, 5.41) is 3.50. The number of hydrogen-bond acceptors (Lipinski definition) is 5. The Morgan fingerprint density at radius 3 is 2.96 bits per heavy atom. The van der Waals surface area contributed by atoms with Crippen molar-refractivity contribution in [2.24, 2.45) is 5.73 Å². The number of benzene rings is 1. The van der Waals surface area contributed by atoms with Gasteiger partial charge in [0.2, 0.25) is 0 Å². The van der Waals surface area contributed by atoms with Crippen molar-refractivity contribution in [3.8, 4) is 5.75 Å². The normalized spacial score (nSPS) is 10.8. The van der Waals surface area contributed by atoms with Crippen LogP contribution in [0.1, 0.15) is 21.9 Å². The predicted octanol–water partition coefficient (Wildman–Crippen LogP) is 0.648. The Balaban J connectivity index is 1.87. The first-order valence-electron chi connectivity index (χ1n) is 7.34. The minimum atomic E-state index is -0.321. The molecule has 2 heterocycles. The van der Waals surface area contributed by atoms with Crippen LogP contribution in [0.4, 0.5) is 0 Å². The van der Waals surface area contributed by atoms with Crippen LogP contribution in [0, 0.1) is 0 Å². The average molecular weight is 327 g/mol. The molecule has 2 aromatic heterocycles. The topological polar surface area (TPSA) is 126 Å². The predicted molar refractivity (Wildman–Crippen MR) is 88.8 cm³/mol. The van der Waals surface area contributed by atoms with Crippen molar-refractivity contribution < 1.29 is 9.53 Å². The molecule has 1 aromatic carbocycles. The number of H-pyrrole nitrogens is 2. The summed E-state index contributed by atoms with van der Waals surface area (Å²) in [5.74, 6) is 0.492. The zero-order valence-electron chi connectivity index (χ0n) is 13.1. The molecule has 3 aromatic rings. The van der Waals surface area contributed by atoms with E-state index in [1.54, 1.807) is 12.3 Å². The average Bonchev–Trinajstić information content (AvgIpc) is 3.06. The van der Waals surface area contributed by atoms with Crippen molar-refractivity contribution in [3.63, 3.8) is 0 Å². The summed E-state index contributed by atoms with van der Waals surface area (Å²) in [7, 11) is 1.51. The molecule has 0 spiro atoms. The van der Waals surface area contributed by atoms with Crippen LogP contribution in [0.2, 0.25) is 0 Å². The summed E-state index contributed by atoms with van der Waals surface area (Å²) in [4.78, 5) is 33.9. The molecule has 0 saturated heterocycles. The Labute approximate surface area is 137 Å². The van der Waals surface area contributed by atoms with Crippen molar-refractivity contribution in [3.05, 3.63) is 57.9 Å². The number of carbonyl (C=O) groups excluding carboxylic acids is 1. The molecule has 0 aliphatic rings. The maximum absolute atomic E-state index is 12.6. The summed E-state index contributed by atoms with van der Waals surface area (Å²) in [6.07, 6.45) is 1.75. The van der Waals surface area contributed by atoms with E-state index in [9.17, 15) is 9.59 Å². The van der Waals surface area contributed by atoms with E-state index < -0.39 is 0 Å². The largest absolute Gasteiger partial charge is 0.496 e. The van der Waals surface area contributed by atoms with Crippen molar-refractivity contribution in [2.75, 3.05) is 7.11 Å². The van der Waals surface area contributed by atoms with Crippen LogP contribution in [-0.2, 0) is 13.1 Å². The molecule has 5 N–H and O–H groups in total. The molecule has 8 nitrogen and oxygen atoms in total. The maximum atomic E-state index is 12.6. The molecule has 0 radical (unpaired) electrons. The zero-order valence-corrected chi connectivity index (χ0v) is 13.1. The van der Waals surface area contributed by atoms with Crippen molar-refractivity contribution in [1.82, 2.24) is 20.3 Å². The third-order valence-electron chi connectivity index (χ3n) is 3.61. The van der Waals surface area contributed by atoms with Gasteiger partial charge in [-0.25, -0.2) is 4.98 Å². The number of aromatic amines is 2. The fourth-order valence-electron chi connectivity index (χ4n) is 2.52. The SMILES string of the molecule is COc1ccc2[nH]ccc2c1C(=O)NCc1nc(CN)cc(=O)[nH]1. The number of nitrogens with one attached hydrogen (secondary N) is 3. The number of amides is 1. The fourth-order valence-corrected chi connectivity index (χ4v) is 2.52. The summed E-state index contributed by atoms with van der Waals surface area (Å²) in [5.41, 5.74) is 6.92. The summed E-state index contributed by atoms with van der Waals surface area (Å²) in [6.45, 7) is 0.229. The minimum Gasteiger partial charge on any atom is -0.496 e. The van der Waals surface area contributed by atoms with E-state index in [4.69, 9.17) is 10.5 Å². The van der Waals surface area contributed by atoms with E-state index in [1.165, 1.54) is 13.2 Å². The van der Waals surface area contributed by atoms with Gasteiger partial charge in [0.15, 0.2) is 0 Å². The lowest BCUT2D eigenvalue weighted by molar-refractivity contribution is 0.0948. The molecule has 8 heteroatoms. The number of fused-ring (bicyclic) bond motifs is 1. The lowest BCUT2D eigenvalue weighted by atomic mass is 10.1. The van der Waals surface area contributed by atoms with Gasteiger partial charge in [-0.3, -0.25) is 9.59 Å². The fraction of sp³-hybridized carbons (Fsp3) is 0.188. The van der Waals surface area contributed by atoms with Gasteiger partial charge in [-0.05, 0) is 18.2 Å². The van der Waals surface area contributed by atoms with Gasteiger partial charge < -0.3 is 25.8 Å². The number of nitrogens with zero attached hydrogens (tertiary/aromatic N) is 1. The standard InChI is InChI=1S/C16H17N5O3/c1-24-12-3-2-11-10(4-5-18-11)15(12)16(23)19-8-13-20-9(7-17)6-14(22)21-13/h2-6,18H,7-8,17H2,1H3,(H,19,23)(H,20,21,22). The van der Waals surface area contributed by atoms with E-state index >= 15 is 0 Å². The molecule has 0 fully saturated rings. The molecule has 24 heavy (non-hydrogen) atoms. The van der Waals surface area contributed by atoms with Crippen LogP contribution in [0.25, 0.3) is 10.9 Å². The van der Waals surface area contributed by atoms with Gasteiger partial charge >= 0.3 is 0 Å². The second-order valence-electron chi connectivity index (χ2n) is 5.15. The van der Waals surface area contributed by atoms with Crippen molar-refractivity contribution in [2.45, 2.75) is 13.1 Å². The van der Waals surface area contributed by atoms with Crippen LogP contribution in [-0.4, -0.2) is 28.0 Å². The molecular formula is C16H17N5O3. The molecule has 1 amide bonds. The highest BCUT2D eigenvalue weighted by atomic mass is 16.5. The first-order chi connectivity index (χ1) is 11.6. The van der Waals surface area contributed by atoms with E-state index in [-0.39, 0.29) is 24.6 Å². The summed E-state index contributed by atoms with van der Waals surface area (Å²) in [6, 6.07) is 6.70. The highest BCUT2D eigenvalue weighted by Crippen LogP contribution is 2.27. The molecule has 0 aliphatic carbocycles. The van der Waals surface area contributed by atoms with Crippen LogP contribution in [0.15, 0.2) is 35.3 Å². The molecule has 0 unspecified atom stereocenters. The second-order valence-corrected chi connectivity index (χ2v) is 5.15. The lowest BCUT2D eigenvalue weighted by Crippen LogP contribution is -2.26. The maximum Gasteiger partial charge on any atom is 0.256 e. The third-order valence-corrected chi connectivity index (χ3v) is 3.61. The molecule has 0 bridgehead atoms. The zero-order chi connectivity index (χ0) is 17.1. The van der Waals surface area contributed by atoms with Gasteiger partial charge in [0.25, 0.3) is 11.5 Å². The summed E-state index contributed by atoms with van der Waals surface area (Å²) >= 11 is 0. The Morgan fingerprint density at radius 2 is 2.21 bits per heavy atom. The van der Waals surface area contributed by atoms with Gasteiger partial charge in [-0.2, -0.15) is 0 Å². The molecule has 3 rings (SSSR count). The van der Waals surface area contributed by atoms with Gasteiger partial charge in [-0.15, -0.1) is 0 Å². The Morgan fingerprint density at radius 1 is 1.38 bits per heavy atom. The minimum absolute atomic E-state index is 0.0753. The monoisotopic (exact) mass is 327 g/mol. The van der Waals surface area contributed by atoms with Crippen molar-refractivity contribution in [1.29, 1.82) is 0 Å². The Hall–Kier alpha value is -3.13. The van der Waals surface area contributed by atoms with Crippen LogP contribution < -0.4 is 21.3 Å². The number of carbonyl (C=O) groups is 1. The number of aromatic nitrogens is 3. The highest BCUT2D eigenvalue weighted by molar-refractivity contribution is 6.08. The van der Waals surface area contributed by atoms with Gasteiger partial charge in [0.1, 0.15) is 11.6 Å². The Bertz CT molecular complexity index is 944. The van der Waals surface area contributed by atoms with Crippen molar-refractivity contribution >= 4 is 16.8 Å². The molecule has 124 valence electrons. The quantitative estimate of drug-likeness (QED) is 0.547. The number of methoxy groups -OCH3 is 1. The molecule has 0 aliphatic heterocycles. The van der Waals surface area contributed by atoms with E-state index in [2.05, 4.69) is 20.3 Å². The number of ether oxygens (including phenoxy) is 1. The number of hydrogen-bond donors (Lipinski definition) is 4. The number of rotatable bonds is 5. The summed E-state index contributed by atoms with van der Waals surface area (Å²) < 4.78 is 5.29. The third kappa shape index (κ3) is 2.99. The van der Waals surface area contributed by atoms with Crippen LogP contribution in [0.5, 0.6) is 5.75 Å². The van der Waals surface area contributed by atoms with Gasteiger partial charge in [-0.1, -0.05) is 0 Å². The number of nitrogens with two attached hydrogens (primary N) is 1. The second kappa shape index (κ2) is 6.55. The molecular weight excluding hydrogens is 310 g/mol. The first-order valence-corrected chi connectivity index (χ1v) is 7.34. The lowest BCUT2D eigenvalue weighted by Gasteiger charge is -2.10. The van der Waals surface area contributed by atoms with Gasteiger partial charge in [0.05, 0.1) is 24.9 Å². The smallest absolute Gasteiger partial charge is 0.256 e. The Kier molecular flexibility index (Phi) is 4.30. The van der Waals surface area contributed by atoms with E-state index in [1.807, 2.05) is 12.1 Å². The highest BCUT2D eigenvalue weighted by Gasteiger charge is 2.17.